The van der Waals surface area contributed by atoms with Gasteiger partial charge < -0.3 is 10.1 Å². The van der Waals surface area contributed by atoms with Gasteiger partial charge in [-0.1, -0.05) is 46.6 Å². The normalized spacial score (nSPS) is 15.9. The van der Waals surface area contributed by atoms with E-state index < -0.39 is 6.10 Å². The third-order valence-electron chi connectivity index (χ3n) is 4.91. The van der Waals surface area contributed by atoms with Crippen molar-refractivity contribution in [3.63, 3.8) is 0 Å². The van der Waals surface area contributed by atoms with Crippen LogP contribution in [-0.2, 0) is 17.9 Å². The molecular weight excluding hydrogens is 404 g/mol. The van der Waals surface area contributed by atoms with Gasteiger partial charge in [-0.2, -0.15) is 0 Å². The fraction of sp³-hybridized carbons (Fsp3) is 0.409. The highest BCUT2D eigenvalue weighted by atomic mass is 79.9. The number of benzene rings is 2. The number of hydrogen-bond acceptors (Lipinski definition) is 3. The molecular formula is C22H27BrN2O2. The Labute approximate surface area is 170 Å². The Bertz CT molecular complexity index is 742. The first-order valence-corrected chi connectivity index (χ1v) is 10.4. The third-order valence-corrected chi connectivity index (χ3v) is 5.44. The number of nitrogens with one attached hydrogen (secondary N) is 1. The van der Waals surface area contributed by atoms with Crippen molar-refractivity contribution in [1.29, 1.82) is 0 Å². The molecule has 1 heterocycles. The number of hydrogen-bond donors (Lipinski definition) is 1. The summed E-state index contributed by atoms with van der Waals surface area (Å²) in [6, 6.07) is 15.9. The fourth-order valence-corrected chi connectivity index (χ4v) is 3.60. The molecule has 1 saturated heterocycles. The van der Waals surface area contributed by atoms with E-state index in [2.05, 4.69) is 44.3 Å². The van der Waals surface area contributed by atoms with Crippen molar-refractivity contribution < 1.29 is 9.53 Å². The van der Waals surface area contributed by atoms with Crippen LogP contribution < -0.4 is 10.1 Å². The molecule has 0 aromatic heterocycles. The average molecular weight is 431 g/mol. The number of nitrogens with zero attached hydrogens (tertiary/aromatic N) is 1. The lowest BCUT2D eigenvalue weighted by molar-refractivity contribution is -0.127. The minimum absolute atomic E-state index is 0.106. The molecule has 0 aliphatic carbocycles. The molecule has 0 bridgehead atoms. The van der Waals surface area contributed by atoms with Crippen molar-refractivity contribution in [3.05, 3.63) is 64.1 Å². The zero-order valence-electron chi connectivity index (χ0n) is 15.8. The van der Waals surface area contributed by atoms with Gasteiger partial charge in [-0.25, -0.2) is 0 Å². The first-order chi connectivity index (χ1) is 13.1. The van der Waals surface area contributed by atoms with E-state index in [9.17, 15) is 4.79 Å². The second-order valence-corrected chi connectivity index (χ2v) is 7.95. The lowest BCUT2D eigenvalue weighted by atomic mass is 10.0. The van der Waals surface area contributed by atoms with Crippen LogP contribution in [0.1, 0.15) is 37.3 Å². The number of amides is 1. The van der Waals surface area contributed by atoms with Crippen LogP contribution in [0.2, 0.25) is 0 Å². The molecule has 144 valence electrons. The number of carbonyl (C=O) groups excluding carboxylic acids is 1. The minimum atomic E-state index is -0.541. The zero-order chi connectivity index (χ0) is 19.1. The number of ether oxygens (including phenoxy) is 1. The standard InChI is InChI=1S/C22H27BrN2O2/c1-17(27-21-11-9-20(23)10-12-21)22(26)24-15-18-7-3-4-8-19(18)16-25-13-5-2-6-14-25/h3-4,7-12,17H,2,5-6,13-16H2,1H3,(H,24,26)/t17-/m0/s1. The molecule has 1 N–H and O–H groups in total. The van der Waals surface area contributed by atoms with Crippen molar-refractivity contribution in [3.8, 4) is 5.75 Å². The van der Waals surface area contributed by atoms with Crippen molar-refractivity contribution in [1.82, 2.24) is 10.2 Å². The lowest BCUT2D eigenvalue weighted by Crippen LogP contribution is -2.36. The summed E-state index contributed by atoms with van der Waals surface area (Å²) in [5.74, 6) is 0.581. The maximum Gasteiger partial charge on any atom is 0.261 e. The van der Waals surface area contributed by atoms with Gasteiger partial charge in [0, 0.05) is 17.6 Å². The molecule has 1 amide bonds. The Morgan fingerprint density at radius 1 is 1.07 bits per heavy atom. The Balaban J connectivity index is 1.54. The first-order valence-electron chi connectivity index (χ1n) is 9.61. The molecule has 2 aromatic carbocycles. The van der Waals surface area contributed by atoms with E-state index in [1.54, 1.807) is 6.92 Å². The molecule has 1 atom stereocenters. The van der Waals surface area contributed by atoms with Gasteiger partial charge in [0.05, 0.1) is 0 Å². The van der Waals surface area contributed by atoms with Crippen LogP contribution in [-0.4, -0.2) is 30.0 Å². The lowest BCUT2D eigenvalue weighted by Gasteiger charge is -2.27. The predicted molar refractivity (Wildman–Crippen MR) is 112 cm³/mol. The van der Waals surface area contributed by atoms with Gasteiger partial charge in [0.15, 0.2) is 6.10 Å². The van der Waals surface area contributed by atoms with E-state index in [0.717, 1.165) is 11.0 Å². The molecule has 0 unspecified atom stereocenters. The van der Waals surface area contributed by atoms with Crippen molar-refractivity contribution >= 4 is 21.8 Å². The largest absolute Gasteiger partial charge is 0.481 e. The maximum atomic E-state index is 12.4. The number of carbonyl (C=O) groups is 1. The molecule has 2 aromatic rings. The minimum Gasteiger partial charge on any atom is -0.481 e. The van der Waals surface area contributed by atoms with Gasteiger partial charge in [-0.15, -0.1) is 0 Å². The average Bonchev–Trinajstić information content (AvgIpc) is 2.69. The van der Waals surface area contributed by atoms with Crippen LogP contribution in [0.25, 0.3) is 0 Å². The molecule has 0 saturated carbocycles. The van der Waals surface area contributed by atoms with Gasteiger partial charge in [-0.3, -0.25) is 9.69 Å². The quantitative estimate of drug-likeness (QED) is 0.701. The topological polar surface area (TPSA) is 41.6 Å². The fourth-order valence-electron chi connectivity index (χ4n) is 3.34. The van der Waals surface area contributed by atoms with E-state index in [4.69, 9.17) is 4.74 Å². The smallest absolute Gasteiger partial charge is 0.261 e. The van der Waals surface area contributed by atoms with Crippen LogP contribution in [0.15, 0.2) is 53.0 Å². The van der Waals surface area contributed by atoms with Gasteiger partial charge in [-0.05, 0) is 68.2 Å². The molecule has 1 aliphatic rings. The second-order valence-electron chi connectivity index (χ2n) is 7.04. The van der Waals surface area contributed by atoms with Crippen LogP contribution in [0.5, 0.6) is 5.75 Å². The number of halogens is 1. The Kier molecular flexibility index (Phi) is 7.30. The zero-order valence-corrected chi connectivity index (χ0v) is 17.4. The van der Waals surface area contributed by atoms with Crippen LogP contribution >= 0.6 is 15.9 Å². The molecule has 27 heavy (non-hydrogen) atoms. The molecule has 5 heteroatoms. The summed E-state index contributed by atoms with van der Waals surface area (Å²) >= 11 is 3.40. The number of piperidine rings is 1. The molecule has 1 fully saturated rings. The highest BCUT2D eigenvalue weighted by Gasteiger charge is 2.16. The van der Waals surface area contributed by atoms with Crippen molar-refractivity contribution in [2.75, 3.05) is 13.1 Å². The summed E-state index contributed by atoms with van der Waals surface area (Å²) in [5, 5.41) is 3.02. The van der Waals surface area contributed by atoms with E-state index in [0.29, 0.717) is 12.3 Å². The van der Waals surface area contributed by atoms with Crippen molar-refractivity contribution in [2.24, 2.45) is 0 Å². The van der Waals surface area contributed by atoms with E-state index in [1.807, 2.05) is 30.3 Å². The van der Waals surface area contributed by atoms with E-state index >= 15 is 0 Å². The summed E-state index contributed by atoms with van der Waals surface area (Å²) < 4.78 is 6.71. The van der Waals surface area contributed by atoms with E-state index in [-0.39, 0.29) is 5.91 Å². The molecule has 4 nitrogen and oxygen atoms in total. The first kappa shape index (κ1) is 19.9. The SMILES string of the molecule is C[C@H](Oc1ccc(Br)cc1)C(=O)NCc1ccccc1CN1CCCCC1. The summed E-state index contributed by atoms with van der Waals surface area (Å²) in [4.78, 5) is 14.9. The second kappa shape index (κ2) is 9.90. The summed E-state index contributed by atoms with van der Waals surface area (Å²) in [7, 11) is 0. The molecule has 3 rings (SSSR count). The summed E-state index contributed by atoms with van der Waals surface area (Å²) in [6.07, 6.45) is 3.36. The molecule has 1 aliphatic heterocycles. The van der Waals surface area contributed by atoms with E-state index in [1.165, 1.54) is 43.5 Å². The van der Waals surface area contributed by atoms with Crippen molar-refractivity contribution in [2.45, 2.75) is 45.4 Å². The predicted octanol–water partition coefficient (Wildman–Crippen LogP) is 4.52. The van der Waals surface area contributed by atoms with Gasteiger partial charge in [0.25, 0.3) is 5.91 Å². The van der Waals surface area contributed by atoms with Crippen LogP contribution in [0.4, 0.5) is 0 Å². The maximum absolute atomic E-state index is 12.4. The van der Waals surface area contributed by atoms with Crippen LogP contribution in [0, 0.1) is 0 Å². The van der Waals surface area contributed by atoms with Gasteiger partial charge in [0.1, 0.15) is 5.75 Å². The molecule has 0 spiro atoms. The Hall–Kier alpha value is -1.85. The Morgan fingerprint density at radius 3 is 2.44 bits per heavy atom. The highest BCUT2D eigenvalue weighted by molar-refractivity contribution is 9.10. The summed E-state index contributed by atoms with van der Waals surface area (Å²) in [6.45, 7) is 5.59. The Morgan fingerprint density at radius 2 is 1.74 bits per heavy atom. The molecule has 0 radical (unpaired) electrons. The third kappa shape index (κ3) is 6.08. The monoisotopic (exact) mass is 430 g/mol. The highest BCUT2D eigenvalue weighted by Crippen LogP contribution is 2.18. The van der Waals surface area contributed by atoms with Gasteiger partial charge >= 0.3 is 0 Å². The van der Waals surface area contributed by atoms with Crippen LogP contribution in [0.3, 0.4) is 0 Å². The van der Waals surface area contributed by atoms with Gasteiger partial charge in [0.2, 0.25) is 0 Å². The number of likely N-dealkylation sites (tertiary alicyclic amines) is 1. The number of rotatable bonds is 7. The summed E-state index contributed by atoms with van der Waals surface area (Å²) in [5.41, 5.74) is 2.47.